The highest BCUT2D eigenvalue weighted by Crippen LogP contribution is 2.38. The Bertz CT molecular complexity index is 964. The largest absolute Gasteiger partial charge is 0.504 e. The molecule has 7 nitrogen and oxygen atoms in total. The van der Waals surface area contributed by atoms with Crippen LogP contribution in [0.25, 0.3) is 10.9 Å². The fraction of sp³-hybridized carbons (Fsp3) is 0. The van der Waals surface area contributed by atoms with Crippen molar-refractivity contribution in [1.29, 1.82) is 0 Å². The molecular formula is C16H12N2O5. The Balaban J connectivity index is 2.11. The molecule has 0 atom stereocenters. The normalized spacial score (nSPS) is 10.6. The highest BCUT2D eigenvalue weighted by atomic mass is 16.3. The number of aromatic amines is 1. The molecule has 1 heterocycles. The van der Waals surface area contributed by atoms with Gasteiger partial charge in [-0.1, -0.05) is 18.2 Å². The molecule has 3 aromatic rings. The lowest BCUT2D eigenvalue weighted by atomic mass is 10.1. The van der Waals surface area contributed by atoms with Gasteiger partial charge in [0.15, 0.2) is 11.5 Å². The van der Waals surface area contributed by atoms with Crippen LogP contribution >= 0.6 is 0 Å². The smallest absolute Gasteiger partial charge is 0.261 e. The van der Waals surface area contributed by atoms with Crippen molar-refractivity contribution in [3.63, 3.8) is 0 Å². The van der Waals surface area contributed by atoms with E-state index >= 15 is 0 Å². The van der Waals surface area contributed by atoms with Crippen LogP contribution in [-0.2, 0) is 0 Å². The summed E-state index contributed by atoms with van der Waals surface area (Å²) in [5, 5.41) is 31.1. The van der Waals surface area contributed by atoms with Gasteiger partial charge in [-0.15, -0.1) is 0 Å². The summed E-state index contributed by atoms with van der Waals surface area (Å²) in [6.07, 6.45) is 1.18. The average Bonchev–Trinajstić information content (AvgIpc) is 2.53. The predicted octanol–water partition coefficient (Wildman–Crippen LogP) is 1.90. The molecule has 0 saturated carbocycles. The van der Waals surface area contributed by atoms with Crippen LogP contribution in [0.4, 0.5) is 5.69 Å². The molecule has 0 unspecified atom stereocenters. The van der Waals surface area contributed by atoms with Crippen molar-refractivity contribution in [1.82, 2.24) is 4.98 Å². The van der Waals surface area contributed by atoms with Gasteiger partial charge in [-0.25, -0.2) is 0 Å². The number of benzene rings is 2. The summed E-state index contributed by atoms with van der Waals surface area (Å²) in [7, 11) is 0. The Morgan fingerprint density at radius 2 is 1.74 bits per heavy atom. The number of pyridine rings is 1. The van der Waals surface area contributed by atoms with E-state index in [1.54, 1.807) is 30.3 Å². The number of hydrogen-bond acceptors (Lipinski definition) is 5. The van der Waals surface area contributed by atoms with E-state index in [9.17, 15) is 24.9 Å². The van der Waals surface area contributed by atoms with Crippen molar-refractivity contribution in [3.05, 3.63) is 58.4 Å². The topological polar surface area (TPSA) is 123 Å². The molecule has 0 aliphatic heterocycles. The fourth-order valence-electron chi connectivity index (χ4n) is 2.23. The third-order valence-electron chi connectivity index (χ3n) is 3.37. The van der Waals surface area contributed by atoms with Gasteiger partial charge in [-0.3, -0.25) is 9.59 Å². The van der Waals surface area contributed by atoms with Gasteiger partial charge < -0.3 is 25.6 Å². The Morgan fingerprint density at radius 3 is 2.43 bits per heavy atom. The molecule has 1 aromatic heterocycles. The first-order valence-electron chi connectivity index (χ1n) is 6.64. The number of aromatic hydroxyl groups is 3. The number of fused-ring (bicyclic) bond motifs is 1. The number of phenols is 3. The molecule has 0 aliphatic rings. The minimum atomic E-state index is -0.816. The number of para-hydroxylation sites is 1. The first-order chi connectivity index (χ1) is 11.0. The summed E-state index contributed by atoms with van der Waals surface area (Å²) in [5.41, 5.74) is -0.393. The van der Waals surface area contributed by atoms with E-state index in [1.807, 2.05) is 0 Å². The zero-order valence-corrected chi connectivity index (χ0v) is 11.7. The molecule has 0 spiro atoms. The third-order valence-corrected chi connectivity index (χ3v) is 3.37. The van der Waals surface area contributed by atoms with E-state index in [-0.39, 0.29) is 16.5 Å². The maximum Gasteiger partial charge on any atom is 0.261 e. The van der Waals surface area contributed by atoms with Crippen molar-refractivity contribution in [2.45, 2.75) is 0 Å². The van der Waals surface area contributed by atoms with Crippen LogP contribution in [-0.4, -0.2) is 26.2 Å². The second kappa shape index (κ2) is 5.38. The van der Waals surface area contributed by atoms with Crippen molar-refractivity contribution in [2.75, 3.05) is 5.32 Å². The Hall–Kier alpha value is -3.48. The molecule has 7 heteroatoms. The number of phenolic OH excluding ortho intramolecular Hbond substituents is 3. The van der Waals surface area contributed by atoms with Gasteiger partial charge in [0.1, 0.15) is 5.56 Å². The van der Waals surface area contributed by atoms with Gasteiger partial charge in [-0.2, -0.15) is 0 Å². The van der Waals surface area contributed by atoms with Crippen LogP contribution < -0.4 is 10.7 Å². The van der Waals surface area contributed by atoms with Crippen molar-refractivity contribution in [2.24, 2.45) is 0 Å². The number of anilines is 1. The fourth-order valence-corrected chi connectivity index (χ4v) is 2.23. The lowest BCUT2D eigenvalue weighted by Crippen LogP contribution is -2.22. The van der Waals surface area contributed by atoms with Gasteiger partial charge >= 0.3 is 0 Å². The van der Waals surface area contributed by atoms with Gasteiger partial charge in [0, 0.05) is 18.0 Å². The molecular weight excluding hydrogens is 300 g/mol. The van der Waals surface area contributed by atoms with Crippen LogP contribution in [0.3, 0.4) is 0 Å². The van der Waals surface area contributed by atoms with E-state index in [2.05, 4.69) is 10.3 Å². The van der Waals surface area contributed by atoms with E-state index in [0.717, 1.165) is 6.07 Å². The molecule has 2 aromatic carbocycles. The number of carbonyl (C=O) groups excluding carboxylic acids is 1. The van der Waals surface area contributed by atoms with Crippen LogP contribution in [0.2, 0.25) is 0 Å². The maximum atomic E-state index is 12.4. The van der Waals surface area contributed by atoms with Gasteiger partial charge in [-0.05, 0) is 12.1 Å². The summed E-state index contributed by atoms with van der Waals surface area (Å²) in [6, 6.07) is 9.65. The second-order valence-electron chi connectivity index (χ2n) is 4.87. The molecule has 0 saturated heterocycles. The van der Waals surface area contributed by atoms with Gasteiger partial charge in [0.2, 0.25) is 11.2 Å². The van der Waals surface area contributed by atoms with Gasteiger partial charge in [0.25, 0.3) is 5.91 Å². The summed E-state index contributed by atoms with van der Waals surface area (Å²) in [4.78, 5) is 27.3. The summed E-state index contributed by atoms with van der Waals surface area (Å²) < 4.78 is 0. The molecule has 0 bridgehead atoms. The predicted molar refractivity (Wildman–Crippen MR) is 84.0 cm³/mol. The number of nitrogens with one attached hydrogen (secondary N) is 2. The molecule has 23 heavy (non-hydrogen) atoms. The molecule has 0 fully saturated rings. The number of carbonyl (C=O) groups is 1. The zero-order chi connectivity index (χ0) is 16.6. The average molecular weight is 312 g/mol. The standard InChI is InChI=1S/C16H12N2O5/c19-11-6-10-12(15(22)14(11)21)13(20)9(7-17-10)16(23)18-8-4-2-1-3-5-8/h1-7,19,21-22H,(H,17,20)(H,18,23). The van der Waals surface area contributed by atoms with Gasteiger partial charge in [0.05, 0.1) is 10.9 Å². The van der Waals surface area contributed by atoms with E-state index in [1.165, 1.54) is 6.20 Å². The monoisotopic (exact) mass is 312 g/mol. The van der Waals surface area contributed by atoms with Crippen molar-refractivity contribution in [3.8, 4) is 17.2 Å². The number of aromatic nitrogens is 1. The lowest BCUT2D eigenvalue weighted by Gasteiger charge is -2.08. The van der Waals surface area contributed by atoms with Crippen molar-refractivity contribution < 1.29 is 20.1 Å². The number of H-pyrrole nitrogens is 1. The Labute approximate surface area is 129 Å². The number of amides is 1. The molecule has 116 valence electrons. The molecule has 3 rings (SSSR count). The second-order valence-corrected chi connectivity index (χ2v) is 4.87. The SMILES string of the molecule is O=C(Nc1ccccc1)c1c[nH]c2cc(O)c(O)c(O)c2c1=O. The Kier molecular flexibility index (Phi) is 3.38. The van der Waals surface area contributed by atoms with E-state index in [0.29, 0.717) is 5.69 Å². The molecule has 0 radical (unpaired) electrons. The Morgan fingerprint density at radius 1 is 1.04 bits per heavy atom. The zero-order valence-electron chi connectivity index (χ0n) is 11.7. The van der Waals surface area contributed by atoms with E-state index in [4.69, 9.17) is 0 Å². The summed E-state index contributed by atoms with van der Waals surface area (Å²) >= 11 is 0. The van der Waals surface area contributed by atoms with Crippen LogP contribution in [0, 0.1) is 0 Å². The lowest BCUT2D eigenvalue weighted by molar-refractivity contribution is 0.102. The van der Waals surface area contributed by atoms with Crippen LogP contribution in [0.15, 0.2) is 47.4 Å². The minimum Gasteiger partial charge on any atom is -0.504 e. The number of hydrogen-bond donors (Lipinski definition) is 5. The number of rotatable bonds is 2. The molecule has 1 amide bonds. The highest BCUT2D eigenvalue weighted by molar-refractivity contribution is 6.06. The third kappa shape index (κ3) is 2.44. The highest BCUT2D eigenvalue weighted by Gasteiger charge is 2.19. The molecule has 5 N–H and O–H groups in total. The molecule has 0 aliphatic carbocycles. The quantitative estimate of drug-likeness (QED) is 0.462. The van der Waals surface area contributed by atoms with Crippen LogP contribution in [0.1, 0.15) is 10.4 Å². The minimum absolute atomic E-state index is 0.0964. The maximum absolute atomic E-state index is 12.4. The first kappa shape index (κ1) is 14.5. The van der Waals surface area contributed by atoms with Crippen LogP contribution in [0.5, 0.6) is 17.2 Å². The first-order valence-corrected chi connectivity index (χ1v) is 6.64. The van der Waals surface area contributed by atoms with Crippen molar-refractivity contribution >= 4 is 22.5 Å². The summed E-state index contributed by atoms with van der Waals surface area (Å²) in [6.45, 7) is 0. The summed E-state index contributed by atoms with van der Waals surface area (Å²) in [5.74, 6) is -2.84. The van der Waals surface area contributed by atoms with E-state index < -0.39 is 28.6 Å².